The van der Waals surface area contributed by atoms with Crippen LogP contribution in [-0.4, -0.2) is 32.3 Å². The molecule has 27 heavy (non-hydrogen) atoms. The standard InChI is InChI=1S/C18H21ClF3N3OS/c1-23-17(24-9-8-15-6-7-16(19)27-15)25-10-13-2-4-14(5-3-13)11-26-12-18(20,21)22/h2-7H,8-12H2,1H3,(H2,23,24,25). The maximum Gasteiger partial charge on any atom is 0.411 e. The van der Waals surface area contributed by atoms with Crippen molar-refractivity contribution in [3.8, 4) is 0 Å². The lowest BCUT2D eigenvalue weighted by Crippen LogP contribution is -2.37. The molecule has 0 amide bonds. The second kappa shape index (κ2) is 10.5. The summed E-state index contributed by atoms with van der Waals surface area (Å²) in [5.41, 5.74) is 1.68. The van der Waals surface area contributed by atoms with Crippen LogP contribution in [0.5, 0.6) is 0 Å². The Bertz CT molecular complexity index is 732. The molecule has 0 unspecified atom stereocenters. The van der Waals surface area contributed by atoms with Crippen molar-refractivity contribution in [2.75, 3.05) is 20.2 Å². The molecule has 0 fully saturated rings. The number of halogens is 4. The van der Waals surface area contributed by atoms with Crippen molar-refractivity contribution in [1.29, 1.82) is 0 Å². The van der Waals surface area contributed by atoms with Crippen molar-refractivity contribution in [1.82, 2.24) is 10.6 Å². The van der Waals surface area contributed by atoms with E-state index in [1.165, 1.54) is 4.88 Å². The minimum absolute atomic E-state index is 0.0663. The first-order chi connectivity index (χ1) is 12.9. The van der Waals surface area contributed by atoms with Crippen LogP contribution in [0.25, 0.3) is 0 Å². The summed E-state index contributed by atoms with van der Waals surface area (Å²) in [6.45, 7) is -0.0284. The molecule has 2 N–H and O–H groups in total. The van der Waals surface area contributed by atoms with Gasteiger partial charge < -0.3 is 15.4 Å². The Balaban J connectivity index is 1.70. The summed E-state index contributed by atoms with van der Waals surface area (Å²) in [6.07, 6.45) is -3.45. The highest BCUT2D eigenvalue weighted by atomic mass is 35.5. The number of hydrogen-bond donors (Lipinski definition) is 2. The lowest BCUT2D eigenvalue weighted by atomic mass is 10.1. The van der Waals surface area contributed by atoms with Crippen LogP contribution in [0.3, 0.4) is 0 Å². The molecule has 2 rings (SSSR count). The highest BCUT2D eigenvalue weighted by Crippen LogP contribution is 2.21. The number of rotatable bonds is 8. The topological polar surface area (TPSA) is 45.7 Å². The number of nitrogens with zero attached hydrogens (tertiary/aromatic N) is 1. The number of aliphatic imine (C=N–C) groups is 1. The Hall–Kier alpha value is -1.77. The molecule has 1 aromatic carbocycles. The van der Waals surface area contributed by atoms with Crippen molar-refractivity contribution in [3.63, 3.8) is 0 Å². The van der Waals surface area contributed by atoms with E-state index < -0.39 is 12.8 Å². The minimum Gasteiger partial charge on any atom is -0.367 e. The lowest BCUT2D eigenvalue weighted by Gasteiger charge is -2.12. The fraction of sp³-hybridized carbons (Fsp3) is 0.389. The highest BCUT2D eigenvalue weighted by Gasteiger charge is 2.27. The summed E-state index contributed by atoms with van der Waals surface area (Å²) in [7, 11) is 1.69. The van der Waals surface area contributed by atoms with Crippen molar-refractivity contribution in [3.05, 3.63) is 56.7 Å². The van der Waals surface area contributed by atoms with E-state index in [1.807, 2.05) is 24.3 Å². The first-order valence-electron chi connectivity index (χ1n) is 8.27. The summed E-state index contributed by atoms with van der Waals surface area (Å²) >= 11 is 7.47. The normalized spacial score (nSPS) is 12.3. The number of hydrogen-bond acceptors (Lipinski definition) is 3. The number of alkyl halides is 3. The van der Waals surface area contributed by atoms with Gasteiger partial charge in [0.1, 0.15) is 6.61 Å². The Morgan fingerprint density at radius 3 is 2.41 bits per heavy atom. The highest BCUT2D eigenvalue weighted by molar-refractivity contribution is 7.16. The number of guanidine groups is 1. The maximum atomic E-state index is 12.1. The second-order valence-corrected chi connectivity index (χ2v) is 7.53. The van der Waals surface area contributed by atoms with E-state index in [4.69, 9.17) is 11.6 Å². The lowest BCUT2D eigenvalue weighted by molar-refractivity contribution is -0.176. The van der Waals surface area contributed by atoms with Crippen LogP contribution in [-0.2, 0) is 24.3 Å². The molecule has 0 saturated heterocycles. The van der Waals surface area contributed by atoms with E-state index in [1.54, 1.807) is 30.5 Å². The first kappa shape index (κ1) is 21.5. The van der Waals surface area contributed by atoms with Gasteiger partial charge in [-0.05, 0) is 29.7 Å². The molecular formula is C18H21ClF3N3OS. The van der Waals surface area contributed by atoms with Gasteiger partial charge in [0.2, 0.25) is 0 Å². The van der Waals surface area contributed by atoms with Gasteiger partial charge in [0.05, 0.1) is 10.9 Å². The van der Waals surface area contributed by atoms with E-state index >= 15 is 0 Å². The molecule has 4 nitrogen and oxygen atoms in total. The molecule has 0 aliphatic heterocycles. The second-order valence-electron chi connectivity index (χ2n) is 5.73. The van der Waals surface area contributed by atoms with Gasteiger partial charge >= 0.3 is 6.18 Å². The predicted octanol–water partition coefficient (Wildman–Crippen LogP) is 4.39. The molecule has 0 aliphatic rings. The third-order valence-corrected chi connectivity index (χ3v) is 4.82. The van der Waals surface area contributed by atoms with Gasteiger partial charge in [0, 0.05) is 25.0 Å². The molecule has 148 valence electrons. The quantitative estimate of drug-likeness (QED) is 0.493. The fourth-order valence-corrected chi connectivity index (χ4v) is 3.32. The number of thiophene rings is 1. The summed E-state index contributed by atoms with van der Waals surface area (Å²) in [5.74, 6) is 0.676. The first-order valence-corrected chi connectivity index (χ1v) is 9.46. The van der Waals surface area contributed by atoms with Crippen LogP contribution < -0.4 is 10.6 Å². The molecule has 0 bridgehead atoms. The smallest absolute Gasteiger partial charge is 0.367 e. The van der Waals surface area contributed by atoms with Crippen LogP contribution >= 0.6 is 22.9 Å². The zero-order valence-corrected chi connectivity index (χ0v) is 16.3. The molecule has 0 saturated carbocycles. The van der Waals surface area contributed by atoms with Crippen molar-refractivity contribution in [2.24, 2.45) is 4.99 Å². The zero-order valence-electron chi connectivity index (χ0n) is 14.8. The van der Waals surface area contributed by atoms with E-state index in [2.05, 4.69) is 20.4 Å². The zero-order chi connectivity index (χ0) is 19.7. The number of ether oxygens (including phenoxy) is 1. The van der Waals surface area contributed by atoms with Crippen LogP contribution in [0.2, 0.25) is 4.34 Å². The summed E-state index contributed by atoms with van der Waals surface area (Å²) in [6, 6.07) is 11.1. The Morgan fingerprint density at radius 2 is 1.81 bits per heavy atom. The van der Waals surface area contributed by atoms with E-state index in [0.29, 0.717) is 18.1 Å². The van der Waals surface area contributed by atoms with Gasteiger partial charge in [-0.2, -0.15) is 13.2 Å². The summed E-state index contributed by atoms with van der Waals surface area (Å²) in [4.78, 5) is 5.37. The monoisotopic (exact) mass is 419 g/mol. The van der Waals surface area contributed by atoms with E-state index in [9.17, 15) is 13.2 Å². The molecule has 0 aliphatic carbocycles. The molecular weight excluding hydrogens is 399 g/mol. The molecule has 1 aromatic heterocycles. The molecule has 9 heteroatoms. The van der Waals surface area contributed by atoms with Gasteiger partial charge in [-0.25, -0.2) is 0 Å². The fourth-order valence-electron chi connectivity index (χ4n) is 2.23. The van der Waals surface area contributed by atoms with Crippen LogP contribution in [0.4, 0.5) is 13.2 Å². The average molecular weight is 420 g/mol. The van der Waals surface area contributed by atoms with E-state index in [-0.39, 0.29) is 6.61 Å². The van der Waals surface area contributed by atoms with Crippen LogP contribution in [0.1, 0.15) is 16.0 Å². The van der Waals surface area contributed by atoms with Crippen LogP contribution in [0.15, 0.2) is 41.4 Å². The number of benzene rings is 1. The average Bonchev–Trinajstić information content (AvgIpc) is 3.03. The van der Waals surface area contributed by atoms with Gasteiger partial charge in [-0.15, -0.1) is 11.3 Å². The Labute approximate surface area is 165 Å². The largest absolute Gasteiger partial charge is 0.411 e. The van der Waals surface area contributed by atoms with Crippen molar-refractivity contribution < 1.29 is 17.9 Å². The van der Waals surface area contributed by atoms with Gasteiger partial charge in [0.25, 0.3) is 0 Å². The Morgan fingerprint density at radius 1 is 1.11 bits per heavy atom. The van der Waals surface area contributed by atoms with Gasteiger partial charge in [-0.3, -0.25) is 4.99 Å². The van der Waals surface area contributed by atoms with Crippen molar-refractivity contribution in [2.45, 2.75) is 25.7 Å². The molecule has 0 spiro atoms. The Kier molecular flexibility index (Phi) is 8.40. The third-order valence-electron chi connectivity index (χ3n) is 3.53. The molecule has 0 radical (unpaired) electrons. The van der Waals surface area contributed by atoms with E-state index in [0.717, 1.165) is 22.9 Å². The van der Waals surface area contributed by atoms with Crippen LogP contribution in [0, 0.1) is 0 Å². The minimum atomic E-state index is -4.30. The van der Waals surface area contributed by atoms with Gasteiger partial charge in [-0.1, -0.05) is 35.9 Å². The predicted molar refractivity (Wildman–Crippen MR) is 103 cm³/mol. The number of nitrogens with one attached hydrogen (secondary N) is 2. The summed E-state index contributed by atoms with van der Waals surface area (Å²) in [5, 5.41) is 6.42. The maximum absolute atomic E-state index is 12.1. The molecule has 0 atom stereocenters. The van der Waals surface area contributed by atoms with Gasteiger partial charge in [0.15, 0.2) is 5.96 Å². The third kappa shape index (κ3) is 8.64. The molecule has 1 heterocycles. The molecule has 2 aromatic rings. The van der Waals surface area contributed by atoms with Crippen molar-refractivity contribution >= 4 is 28.9 Å². The SMILES string of the molecule is CN=C(NCCc1ccc(Cl)s1)NCc1ccc(COCC(F)(F)F)cc1. The summed E-state index contributed by atoms with van der Waals surface area (Å²) < 4.78 is 41.6.